The van der Waals surface area contributed by atoms with E-state index < -0.39 is 10.0 Å². The van der Waals surface area contributed by atoms with E-state index in [0.29, 0.717) is 22.6 Å². The highest BCUT2D eigenvalue weighted by Gasteiger charge is 2.14. The predicted octanol–water partition coefficient (Wildman–Crippen LogP) is 1.77. The number of aromatic amines is 1. The van der Waals surface area contributed by atoms with Gasteiger partial charge in [0.15, 0.2) is 5.65 Å². The fourth-order valence-corrected chi connectivity index (χ4v) is 2.89. The number of imidazole rings is 1. The first-order chi connectivity index (χ1) is 10.1. The van der Waals surface area contributed by atoms with Crippen LogP contribution in [0.15, 0.2) is 47.8 Å². The Morgan fingerprint density at radius 1 is 1.19 bits per heavy atom. The van der Waals surface area contributed by atoms with Gasteiger partial charge < -0.3 is 9.72 Å². The van der Waals surface area contributed by atoms with E-state index >= 15 is 0 Å². The number of pyridine rings is 1. The second-order valence-electron chi connectivity index (χ2n) is 4.28. The van der Waals surface area contributed by atoms with Gasteiger partial charge in [0.05, 0.1) is 35.7 Å². The van der Waals surface area contributed by atoms with Crippen LogP contribution >= 0.6 is 0 Å². The first kappa shape index (κ1) is 13.4. The summed E-state index contributed by atoms with van der Waals surface area (Å²) in [6, 6.07) is 7.76. The van der Waals surface area contributed by atoms with Crippen LogP contribution < -0.4 is 9.46 Å². The summed E-state index contributed by atoms with van der Waals surface area (Å²) in [6.45, 7) is 0. The van der Waals surface area contributed by atoms with Crippen molar-refractivity contribution in [2.24, 2.45) is 0 Å². The van der Waals surface area contributed by atoms with Crippen LogP contribution in [0, 0.1) is 0 Å². The lowest BCUT2D eigenvalue weighted by atomic mass is 10.3. The molecular weight excluding hydrogens is 292 g/mol. The highest BCUT2D eigenvalue weighted by Crippen LogP contribution is 2.20. The summed E-state index contributed by atoms with van der Waals surface area (Å²) in [5.41, 5.74) is 1.55. The highest BCUT2D eigenvalue weighted by atomic mass is 32.2. The van der Waals surface area contributed by atoms with Crippen molar-refractivity contribution < 1.29 is 13.2 Å². The Labute approximate surface area is 121 Å². The Morgan fingerprint density at radius 3 is 2.67 bits per heavy atom. The molecule has 0 fully saturated rings. The molecule has 0 amide bonds. The summed E-state index contributed by atoms with van der Waals surface area (Å²) in [4.78, 5) is 11.1. The van der Waals surface area contributed by atoms with E-state index in [9.17, 15) is 8.42 Å². The molecule has 0 atom stereocenters. The number of fused-ring (bicyclic) bond motifs is 1. The Bertz CT molecular complexity index is 872. The molecule has 108 valence electrons. The summed E-state index contributed by atoms with van der Waals surface area (Å²) >= 11 is 0. The monoisotopic (exact) mass is 304 g/mol. The lowest BCUT2D eigenvalue weighted by molar-refractivity contribution is 0.414. The van der Waals surface area contributed by atoms with Crippen molar-refractivity contribution in [2.75, 3.05) is 11.8 Å². The number of ether oxygens (including phenoxy) is 1. The van der Waals surface area contributed by atoms with Crippen LogP contribution in [0.3, 0.4) is 0 Å². The number of aromatic nitrogens is 3. The van der Waals surface area contributed by atoms with Crippen molar-refractivity contribution in [1.82, 2.24) is 15.0 Å². The Hall–Kier alpha value is -2.61. The van der Waals surface area contributed by atoms with Crippen LogP contribution in [0.5, 0.6) is 5.75 Å². The molecule has 0 bridgehead atoms. The highest BCUT2D eigenvalue weighted by molar-refractivity contribution is 7.92. The number of nitrogens with zero attached hydrogens (tertiary/aromatic N) is 2. The number of hydrogen-bond acceptors (Lipinski definition) is 5. The van der Waals surface area contributed by atoms with Crippen molar-refractivity contribution >= 4 is 26.9 Å². The summed E-state index contributed by atoms with van der Waals surface area (Å²) in [6.07, 6.45) is 2.92. The zero-order valence-electron chi connectivity index (χ0n) is 11.1. The lowest BCUT2D eigenvalue weighted by Crippen LogP contribution is -2.13. The van der Waals surface area contributed by atoms with E-state index in [1.807, 2.05) is 0 Å². The molecule has 21 heavy (non-hydrogen) atoms. The average molecular weight is 304 g/mol. The molecule has 0 unspecified atom stereocenters. The van der Waals surface area contributed by atoms with Crippen LogP contribution in [0.25, 0.3) is 11.2 Å². The smallest absolute Gasteiger partial charge is 0.261 e. The SMILES string of the molecule is COc1ccc(S(=O)(=O)Nc2cnc3nc[nH]c3c2)cc1. The molecule has 1 aromatic carbocycles. The molecule has 0 spiro atoms. The van der Waals surface area contributed by atoms with Gasteiger partial charge in [-0.1, -0.05) is 0 Å². The molecule has 0 aliphatic rings. The van der Waals surface area contributed by atoms with E-state index in [1.165, 1.54) is 31.8 Å². The molecule has 0 aliphatic carbocycles. The predicted molar refractivity (Wildman–Crippen MR) is 77.7 cm³/mol. The molecule has 0 saturated heterocycles. The lowest BCUT2D eigenvalue weighted by Gasteiger charge is -2.08. The van der Waals surface area contributed by atoms with Gasteiger partial charge >= 0.3 is 0 Å². The van der Waals surface area contributed by atoms with Crippen LogP contribution in [0.1, 0.15) is 0 Å². The summed E-state index contributed by atoms with van der Waals surface area (Å²) in [7, 11) is -2.15. The minimum absolute atomic E-state index is 0.146. The number of hydrogen-bond donors (Lipinski definition) is 2. The third-order valence-corrected chi connectivity index (χ3v) is 4.29. The van der Waals surface area contributed by atoms with Gasteiger partial charge in [0, 0.05) is 0 Å². The minimum atomic E-state index is -3.67. The van der Waals surface area contributed by atoms with Crippen molar-refractivity contribution in [3.8, 4) is 5.75 Å². The molecular formula is C13H12N4O3S. The zero-order valence-corrected chi connectivity index (χ0v) is 11.9. The van der Waals surface area contributed by atoms with Gasteiger partial charge in [-0.15, -0.1) is 0 Å². The molecule has 2 aromatic heterocycles. The summed E-state index contributed by atoms with van der Waals surface area (Å²) in [5.74, 6) is 0.592. The molecule has 3 aromatic rings. The van der Waals surface area contributed by atoms with Gasteiger partial charge in [-0.3, -0.25) is 4.72 Å². The number of rotatable bonds is 4. The fraction of sp³-hybridized carbons (Fsp3) is 0.0769. The van der Waals surface area contributed by atoms with E-state index in [-0.39, 0.29) is 4.90 Å². The fourth-order valence-electron chi connectivity index (χ4n) is 1.85. The summed E-state index contributed by atoms with van der Waals surface area (Å²) < 4.78 is 32.0. The number of H-pyrrole nitrogens is 1. The van der Waals surface area contributed by atoms with E-state index in [4.69, 9.17) is 4.74 Å². The zero-order chi connectivity index (χ0) is 14.9. The first-order valence-corrected chi connectivity index (χ1v) is 7.53. The topological polar surface area (TPSA) is 97.0 Å². The number of sulfonamides is 1. The first-order valence-electron chi connectivity index (χ1n) is 6.04. The summed E-state index contributed by atoms with van der Waals surface area (Å²) in [5, 5.41) is 0. The number of anilines is 1. The maximum absolute atomic E-state index is 12.3. The van der Waals surface area contributed by atoms with Crippen molar-refractivity contribution in [2.45, 2.75) is 4.90 Å². The van der Waals surface area contributed by atoms with Crippen LogP contribution in [-0.4, -0.2) is 30.5 Å². The Kier molecular flexibility index (Phi) is 3.22. The maximum atomic E-state index is 12.3. The molecule has 0 saturated carbocycles. The molecule has 7 nitrogen and oxygen atoms in total. The van der Waals surface area contributed by atoms with Crippen LogP contribution in [0.2, 0.25) is 0 Å². The Balaban J connectivity index is 1.90. The van der Waals surface area contributed by atoms with Gasteiger partial charge in [-0.2, -0.15) is 0 Å². The quantitative estimate of drug-likeness (QED) is 0.765. The second kappa shape index (κ2) is 5.06. The van der Waals surface area contributed by atoms with Crippen LogP contribution in [-0.2, 0) is 10.0 Å². The molecule has 0 aliphatic heterocycles. The Morgan fingerprint density at radius 2 is 1.95 bits per heavy atom. The minimum Gasteiger partial charge on any atom is -0.497 e. The van der Waals surface area contributed by atoms with Crippen molar-refractivity contribution in [3.05, 3.63) is 42.9 Å². The third kappa shape index (κ3) is 2.65. The second-order valence-corrected chi connectivity index (χ2v) is 5.96. The van der Waals surface area contributed by atoms with Crippen LogP contribution in [0.4, 0.5) is 5.69 Å². The standard InChI is InChI=1S/C13H12N4O3S/c1-20-10-2-4-11(5-3-10)21(18,19)17-9-6-12-13(14-7-9)16-8-15-12/h2-8,17H,1H3,(H,14,15,16). The molecule has 0 radical (unpaired) electrons. The number of benzene rings is 1. The average Bonchev–Trinajstić information content (AvgIpc) is 2.94. The molecule has 8 heteroatoms. The van der Waals surface area contributed by atoms with Gasteiger partial charge in [-0.25, -0.2) is 18.4 Å². The largest absolute Gasteiger partial charge is 0.497 e. The number of nitrogens with one attached hydrogen (secondary N) is 2. The van der Waals surface area contributed by atoms with Gasteiger partial charge in [0.25, 0.3) is 10.0 Å². The maximum Gasteiger partial charge on any atom is 0.261 e. The molecule has 2 heterocycles. The normalized spacial score (nSPS) is 11.5. The third-order valence-electron chi connectivity index (χ3n) is 2.90. The van der Waals surface area contributed by atoms with Gasteiger partial charge in [0.1, 0.15) is 5.75 Å². The number of methoxy groups -OCH3 is 1. The van der Waals surface area contributed by atoms with E-state index in [2.05, 4.69) is 19.7 Å². The van der Waals surface area contributed by atoms with Gasteiger partial charge in [0.2, 0.25) is 0 Å². The molecule has 3 rings (SSSR count). The van der Waals surface area contributed by atoms with Gasteiger partial charge in [-0.05, 0) is 30.3 Å². The van der Waals surface area contributed by atoms with E-state index in [0.717, 1.165) is 0 Å². The van der Waals surface area contributed by atoms with Crippen molar-refractivity contribution in [3.63, 3.8) is 0 Å². The van der Waals surface area contributed by atoms with E-state index in [1.54, 1.807) is 18.2 Å². The molecule has 2 N–H and O–H groups in total. The van der Waals surface area contributed by atoms with Crippen molar-refractivity contribution in [1.29, 1.82) is 0 Å².